The van der Waals surface area contributed by atoms with E-state index in [4.69, 9.17) is 10.5 Å². The van der Waals surface area contributed by atoms with Crippen LogP contribution in [0.25, 0.3) is 0 Å². The highest BCUT2D eigenvalue weighted by Crippen LogP contribution is 2.27. The molecule has 0 fully saturated rings. The number of carbonyl (C=O) groups is 1. The lowest BCUT2D eigenvalue weighted by atomic mass is 10.1. The Kier molecular flexibility index (Phi) is 2.17. The van der Waals surface area contributed by atoms with Crippen LogP contribution >= 0.6 is 0 Å². The van der Waals surface area contributed by atoms with Gasteiger partial charge in [0.05, 0.1) is 24.8 Å². The lowest BCUT2D eigenvalue weighted by molar-refractivity contribution is -0.732. The van der Waals surface area contributed by atoms with Crippen LogP contribution < -0.4 is 0 Å². The van der Waals surface area contributed by atoms with E-state index in [1.54, 1.807) is 25.2 Å². The number of nitrogens with one attached hydrogen (secondary N) is 1. The van der Waals surface area contributed by atoms with Gasteiger partial charge < -0.3 is 5.11 Å². The molecule has 1 aromatic carbocycles. The summed E-state index contributed by atoms with van der Waals surface area (Å²) in [6.07, 6.45) is 0. The molecule has 0 radical (unpaired) electrons. The Balaban J connectivity index is 2.54. The van der Waals surface area contributed by atoms with Crippen LogP contribution in [0.3, 0.4) is 0 Å². The number of nitrogens with zero attached hydrogens (tertiary/aromatic N) is 1. The second-order valence-corrected chi connectivity index (χ2v) is 3.84. The van der Waals surface area contributed by atoms with Gasteiger partial charge in [-0.2, -0.15) is 0 Å². The lowest BCUT2D eigenvalue weighted by Gasteiger charge is -2.24. The van der Waals surface area contributed by atoms with E-state index in [-0.39, 0.29) is 29.4 Å². The monoisotopic (exact) mass is 205 g/mol. The minimum atomic E-state index is -0.129. The molecule has 1 aromatic rings. The first-order chi connectivity index (χ1) is 7.11. The van der Waals surface area contributed by atoms with Crippen LogP contribution in [0, 0.1) is 5.41 Å². The Bertz CT molecular complexity index is 405. The van der Waals surface area contributed by atoms with Gasteiger partial charge in [0.15, 0.2) is 0 Å². The number of carbonyl (C=O) groups excluding carboxylic acids is 1. The Morgan fingerprint density at radius 1 is 1.33 bits per heavy atom. The number of hydrogen-bond donors (Lipinski definition) is 2. The molecule has 1 heterocycles. The molecular weight excluding hydrogens is 192 g/mol. The molecule has 0 saturated carbocycles. The Morgan fingerprint density at radius 3 is 2.47 bits per heavy atom. The van der Waals surface area contributed by atoms with Crippen LogP contribution in [-0.4, -0.2) is 41.5 Å². The second kappa shape index (κ2) is 3.25. The molecule has 0 saturated heterocycles. The first kappa shape index (κ1) is 10.0. The first-order valence-electron chi connectivity index (χ1n) is 4.81. The third-order valence-corrected chi connectivity index (χ3v) is 2.90. The van der Waals surface area contributed by atoms with Crippen LogP contribution in [-0.2, 0) is 0 Å². The molecule has 0 spiro atoms. The Morgan fingerprint density at radius 2 is 1.93 bits per heavy atom. The molecule has 1 aliphatic rings. The van der Waals surface area contributed by atoms with E-state index in [0.717, 1.165) is 0 Å². The van der Waals surface area contributed by atoms with Gasteiger partial charge in [-0.05, 0) is 12.1 Å². The highest BCUT2D eigenvalue weighted by Gasteiger charge is 2.47. The van der Waals surface area contributed by atoms with Crippen molar-refractivity contribution in [1.82, 2.24) is 0 Å². The fourth-order valence-electron chi connectivity index (χ4n) is 1.92. The number of aliphatic hydroxyl groups excluding tert-OH is 1. The molecule has 2 N–H and O–H groups in total. The number of quaternary nitrogens is 1. The van der Waals surface area contributed by atoms with Crippen molar-refractivity contribution in [2.75, 3.05) is 20.2 Å². The molecule has 0 aromatic heterocycles. The normalized spacial score (nSPS) is 24.4. The van der Waals surface area contributed by atoms with E-state index in [0.29, 0.717) is 11.1 Å². The number of fused-ring (bicyclic) bond motifs is 1. The van der Waals surface area contributed by atoms with Crippen molar-refractivity contribution < 1.29 is 14.4 Å². The highest BCUT2D eigenvalue weighted by molar-refractivity contribution is 6.14. The zero-order valence-corrected chi connectivity index (χ0v) is 8.53. The molecule has 4 nitrogen and oxygen atoms in total. The average molecular weight is 205 g/mol. The Hall–Kier alpha value is -1.52. The maximum absolute atomic E-state index is 12.0. The van der Waals surface area contributed by atoms with E-state index in [1.165, 1.54) is 0 Å². The fraction of sp³-hybridized carbons (Fsp3) is 0.273. The first-order valence-corrected chi connectivity index (χ1v) is 4.81. The minimum Gasteiger partial charge on any atom is -0.390 e. The van der Waals surface area contributed by atoms with E-state index in [2.05, 4.69) is 0 Å². The number of hydrogen-bond acceptors (Lipinski definition) is 3. The highest BCUT2D eigenvalue weighted by atomic mass is 16.3. The van der Waals surface area contributed by atoms with Crippen molar-refractivity contribution in [2.24, 2.45) is 0 Å². The summed E-state index contributed by atoms with van der Waals surface area (Å²) in [5.74, 6) is 0.161. The maximum atomic E-state index is 12.0. The SMILES string of the molecule is C[N+]1(CCO)C(=N)c2ccccc2C1=O. The quantitative estimate of drug-likeness (QED) is 0.695. The largest absolute Gasteiger partial charge is 0.390 e. The summed E-state index contributed by atoms with van der Waals surface area (Å²) in [5, 5.41) is 16.9. The van der Waals surface area contributed by atoms with E-state index < -0.39 is 0 Å². The third-order valence-electron chi connectivity index (χ3n) is 2.90. The summed E-state index contributed by atoms with van der Waals surface area (Å²) in [6.45, 7) is 0.158. The predicted octanol–water partition coefficient (Wildman–Crippen LogP) is 0.605. The number of likely N-dealkylation sites (N-methyl/N-ethyl adjacent to an activating group) is 1. The molecule has 4 heteroatoms. The van der Waals surface area contributed by atoms with Gasteiger partial charge in [0.2, 0.25) is 5.84 Å². The molecule has 1 atom stereocenters. The van der Waals surface area contributed by atoms with Crippen molar-refractivity contribution in [3.05, 3.63) is 35.4 Å². The predicted molar refractivity (Wildman–Crippen MR) is 55.7 cm³/mol. The van der Waals surface area contributed by atoms with Crippen LogP contribution in [0.4, 0.5) is 0 Å². The molecule has 78 valence electrons. The average Bonchev–Trinajstić information content (AvgIpc) is 2.43. The summed E-state index contributed by atoms with van der Waals surface area (Å²) in [5.41, 5.74) is 1.26. The van der Waals surface area contributed by atoms with Gasteiger partial charge in [-0.15, -0.1) is 0 Å². The van der Waals surface area contributed by atoms with Gasteiger partial charge in [-0.1, -0.05) is 12.1 Å². The van der Waals surface area contributed by atoms with Gasteiger partial charge in [0.1, 0.15) is 6.54 Å². The smallest absolute Gasteiger partial charge is 0.352 e. The van der Waals surface area contributed by atoms with Crippen LogP contribution in [0.1, 0.15) is 15.9 Å². The van der Waals surface area contributed by atoms with Gasteiger partial charge in [-0.3, -0.25) is 0 Å². The topological polar surface area (TPSA) is 61.1 Å². The molecule has 0 aliphatic carbocycles. The number of aliphatic hydroxyl groups is 1. The molecule has 0 bridgehead atoms. The van der Waals surface area contributed by atoms with Crippen molar-refractivity contribution in [3.63, 3.8) is 0 Å². The van der Waals surface area contributed by atoms with Gasteiger partial charge in [-0.25, -0.2) is 14.7 Å². The molecule has 1 amide bonds. The summed E-state index contributed by atoms with van der Waals surface area (Å²) in [7, 11) is 1.67. The number of amides is 1. The molecular formula is C11H13N2O2+. The lowest BCUT2D eigenvalue weighted by Crippen LogP contribution is -2.50. The molecule has 1 aliphatic heterocycles. The zero-order valence-electron chi connectivity index (χ0n) is 8.53. The number of amidine groups is 1. The van der Waals surface area contributed by atoms with Gasteiger partial charge in [0, 0.05) is 0 Å². The summed E-state index contributed by atoms with van der Waals surface area (Å²) < 4.78 is -0.129. The van der Waals surface area contributed by atoms with E-state index in [9.17, 15) is 4.79 Å². The summed E-state index contributed by atoms with van der Waals surface area (Å²) in [4.78, 5) is 12.0. The van der Waals surface area contributed by atoms with Gasteiger partial charge in [0.25, 0.3) is 0 Å². The third kappa shape index (κ3) is 1.22. The van der Waals surface area contributed by atoms with E-state index in [1.807, 2.05) is 6.07 Å². The fourth-order valence-corrected chi connectivity index (χ4v) is 1.92. The maximum Gasteiger partial charge on any atom is 0.352 e. The molecule has 15 heavy (non-hydrogen) atoms. The summed E-state index contributed by atoms with van der Waals surface area (Å²) in [6, 6.07) is 7.11. The van der Waals surface area contributed by atoms with Crippen molar-refractivity contribution >= 4 is 11.7 Å². The van der Waals surface area contributed by atoms with Crippen LogP contribution in [0.2, 0.25) is 0 Å². The number of rotatable bonds is 2. The summed E-state index contributed by atoms with van der Waals surface area (Å²) >= 11 is 0. The second-order valence-electron chi connectivity index (χ2n) is 3.84. The van der Waals surface area contributed by atoms with Crippen molar-refractivity contribution in [1.29, 1.82) is 5.41 Å². The van der Waals surface area contributed by atoms with Crippen molar-refractivity contribution in [2.45, 2.75) is 0 Å². The van der Waals surface area contributed by atoms with Crippen molar-refractivity contribution in [3.8, 4) is 0 Å². The van der Waals surface area contributed by atoms with E-state index >= 15 is 0 Å². The zero-order chi connectivity index (χ0) is 11.1. The van der Waals surface area contributed by atoms with Gasteiger partial charge >= 0.3 is 5.91 Å². The molecule has 1 unspecified atom stereocenters. The Labute approximate surface area is 87.9 Å². The van der Waals surface area contributed by atoms with Crippen LogP contribution in [0.15, 0.2) is 24.3 Å². The standard InChI is InChI=1S/C11H13N2O2/c1-13(6-7-14)10(12)8-4-2-3-5-9(8)11(13)15/h2-5,12,14H,6-7H2,1H3/q+1. The minimum absolute atomic E-state index is 0.0986. The molecule has 2 rings (SSSR count). The van der Waals surface area contributed by atoms with Crippen LogP contribution in [0.5, 0.6) is 0 Å². The number of benzene rings is 1.